The highest BCUT2D eigenvalue weighted by Gasteiger charge is 2.32. The quantitative estimate of drug-likeness (QED) is 0.772. The molecule has 1 saturated heterocycles. The van der Waals surface area contributed by atoms with Crippen LogP contribution in [-0.4, -0.2) is 41.5 Å². The molecule has 1 aromatic carbocycles. The van der Waals surface area contributed by atoms with Crippen LogP contribution in [0.4, 0.5) is 0 Å². The molecule has 7 nitrogen and oxygen atoms in total. The molecule has 1 aromatic heterocycles. The number of hydrogen-bond acceptors (Lipinski definition) is 4. The van der Waals surface area contributed by atoms with Gasteiger partial charge in [-0.2, -0.15) is 9.40 Å². The molecule has 0 saturated carbocycles. The molecule has 1 aliphatic heterocycles. The van der Waals surface area contributed by atoms with Gasteiger partial charge in [0.2, 0.25) is 15.9 Å². The molecule has 1 aliphatic rings. The van der Waals surface area contributed by atoms with E-state index in [0.717, 1.165) is 12.2 Å². The van der Waals surface area contributed by atoms with Gasteiger partial charge in [-0.1, -0.05) is 11.6 Å². The van der Waals surface area contributed by atoms with Crippen LogP contribution in [0.5, 0.6) is 0 Å². The summed E-state index contributed by atoms with van der Waals surface area (Å²) >= 11 is 5.84. The molecule has 0 bridgehead atoms. The predicted molar refractivity (Wildman–Crippen MR) is 107 cm³/mol. The van der Waals surface area contributed by atoms with E-state index in [4.69, 9.17) is 11.6 Å². The molecule has 152 valence electrons. The maximum atomic E-state index is 12.8. The van der Waals surface area contributed by atoms with Gasteiger partial charge in [-0.25, -0.2) is 8.42 Å². The van der Waals surface area contributed by atoms with E-state index in [9.17, 15) is 13.2 Å². The summed E-state index contributed by atoms with van der Waals surface area (Å²) in [5.74, 6) is -0.239. The Bertz CT molecular complexity index is 919. The number of carbonyl (C=O) groups excluding carboxylic acids is 1. The van der Waals surface area contributed by atoms with Crippen molar-refractivity contribution in [3.8, 4) is 0 Å². The van der Waals surface area contributed by atoms with Gasteiger partial charge >= 0.3 is 0 Å². The van der Waals surface area contributed by atoms with E-state index in [1.54, 1.807) is 18.3 Å². The number of rotatable bonds is 6. The van der Waals surface area contributed by atoms with Crippen molar-refractivity contribution < 1.29 is 13.2 Å². The number of benzene rings is 1. The van der Waals surface area contributed by atoms with Gasteiger partial charge in [0.25, 0.3) is 0 Å². The van der Waals surface area contributed by atoms with Crippen LogP contribution < -0.4 is 5.32 Å². The number of aromatic nitrogens is 2. The lowest BCUT2D eigenvalue weighted by atomic mass is 9.97. The number of amides is 1. The topological polar surface area (TPSA) is 84.3 Å². The third-order valence-corrected chi connectivity index (χ3v) is 7.29. The summed E-state index contributed by atoms with van der Waals surface area (Å²) in [4.78, 5) is 12.9. The van der Waals surface area contributed by atoms with Crippen molar-refractivity contribution in [3.05, 3.63) is 47.2 Å². The van der Waals surface area contributed by atoms with Gasteiger partial charge in [0.15, 0.2) is 0 Å². The zero-order valence-corrected chi connectivity index (χ0v) is 17.6. The van der Waals surface area contributed by atoms with Crippen molar-refractivity contribution in [2.45, 2.75) is 44.2 Å². The van der Waals surface area contributed by atoms with Gasteiger partial charge in [-0.05, 0) is 57.0 Å². The summed E-state index contributed by atoms with van der Waals surface area (Å²) in [6.07, 6.45) is 2.72. The van der Waals surface area contributed by atoms with E-state index in [2.05, 4.69) is 10.4 Å². The lowest BCUT2D eigenvalue weighted by Gasteiger charge is -2.31. The minimum absolute atomic E-state index is 0.0418. The second-order valence-electron chi connectivity index (χ2n) is 6.93. The van der Waals surface area contributed by atoms with Crippen LogP contribution in [0.3, 0.4) is 0 Å². The fourth-order valence-corrected chi connectivity index (χ4v) is 5.09. The maximum Gasteiger partial charge on any atom is 0.243 e. The summed E-state index contributed by atoms with van der Waals surface area (Å²) in [6.45, 7) is 5.32. The van der Waals surface area contributed by atoms with Crippen LogP contribution in [0.1, 0.15) is 38.4 Å². The Morgan fingerprint density at radius 2 is 1.89 bits per heavy atom. The highest BCUT2D eigenvalue weighted by molar-refractivity contribution is 7.89. The number of carbonyl (C=O) groups is 1. The van der Waals surface area contributed by atoms with E-state index in [0.29, 0.717) is 31.0 Å². The lowest BCUT2D eigenvalue weighted by Crippen LogP contribution is -2.43. The minimum Gasteiger partial charge on any atom is -0.348 e. The second-order valence-corrected chi connectivity index (χ2v) is 9.31. The third-order valence-electron chi connectivity index (χ3n) is 5.13. The molecule has 28 heavy (non-hydrogen) atoms. The Morgan fingerprint density at radius 3 is 2.50 bits per heavy atom. The number of piperidine rings is 1. The number of hydrogen-bond donors (Lipinski definition) is 1. The fourth-order valence-electron chi connectivity index (χ4n) is 3.49. The molecule has 1 atom stereocenters. The zero-order chi connectivity index (χ0) is 20.3. The molecular weight excluding hydrogens is 400 g/mol. The average molecular weight is 425 g/mol. The van der Waals surface area contributed by atoms with E-state index in [-0.39, 0.29) is 22.8 Å². The Balaban J connectivity index is 1.59. The Morgan fingerprint density at radius 1 is 1.25 bits per heavy atom. The molecule has 1 fully saturated rings. The Kier molecular flexibility index (Phi) is 6.42. The first-order chi connectivity index (χ1) is 13.3. The van der Waals surface area contributed by atoms with Crippen molar-refractivity contribution >= 4 is 27.5 Å². The summed E-state index contributed by atoms with van der Waals surface area (Å²) in [7, 11) is -3.56. The van der Waals surface area contributed by atoms with Gasteiger partial charge in [-0.15, -0.1) is 0 Å². The van der Waals surface area contributed by atoms with Crippen molar-refractivity contribution in [2.75, 3.05) is 13.1 Å². The first kappa shape index (κ1) is 20.8. The smallest absolute Gasteiger partial charge is 0.243 e. The molecule has 2 heterocycles. The van der Waals surface area contributed by atoms with Crippen LogP contribution in [0, 0.1) is 5.92 Å². The van der Waals surface area contributed by atoms with E-state index < -0.39 is 10.0 Å². The first-order valence-corrected chi connectivity index (χ1v) is 11.2. The normalized spacial score (nSPS) is 17.4. The van der Waals surface area contributed by atoms with Crippen LogP contribution in [-0.2, 0) is 21.4 Å². The molecular formula is C19H25ClN4O3S. The van der Waals surface area contributed by atoms with Crippen LogP contribution in [0.25, 0.3) is 0 Å². The molecule has 1 unspecified atom stereocenters. The third kappa shape index (κ3) is 4.39. The molecule has 0 radical (unpaired) electrons. The Hall–Kier alpha value is -1.90. The number of nitrogens with one attached hydrogen (secondary N) is 1. The fraction of sp³-hybridized carbons (Fsp3) is 0.474. The van der Waals surface area contributed by atoms with Gasteiger partial charge < -0.3 is 5.32 Å². The highest BCUT2D eigenvalue weighted by Crippen LogP contribution is 2.25. The summed E-state index contributed by atoms with van der Waals surface area (Å²) in [5.41, 5.74) is 0.957. The van der Waals surface area contributed by atoms with Crippen molar-refractivity contribution in [2.24, 2.45) is 5.92 Å². The number of aryl methyl sites for hydroxylation is 1. The van der Waals surface area contributed by atoms with Gasteiger partial charge in [0, 0.05) is 36.8 Å². The molecule has 3 rings (SSSR count). The van der Waals surface area contributed by atoms with Crippen molar-refractivity contribution in [1.82, 2.24) is 19.4 Å². The number of sulfonamides is 1. The van der Waals surface area contributed by atoms with Crippen LogP contribution in [0.2, 0.25) is 5.02 Å². The first-order valence-electron chi connectivity index (χ1n) is 9.40. The minimum atomic E-state index is -3.56. The van der Waals surface area contributed by atoms with Crippen LogP contribution in [0.15, 0.2) is 41.4 Å². The SMILES string of the molecule is CCn1nccc1C(C)NC(=O)C1CCN(S(=O)(=O)c2ccc(Cl)cc2)CC1. The summed E-state index contributed by atoms with van der Waals surface area (Å²) < 4.78 is 28.8. The largest absolute Gasteiger partial charge is 0.348 e. The maximum absolute atomic E-state index is 12.8. The molecule has 1 amide bonds. The van der Waals surface area contributed by atoms with Crippen molar-refractivity contribution in [1.29, 1.82) is 0 Å². The zero-order valence-electron chi connectivity index (χ0n) is 16.0. The van der Waals surface area contributed by atoms with Crippen LogP contribution >= 0.6 is 11.6 Å². The van der Waals surface area contributed by atoms with E-state index >= 15 is 0 Å². The van der Waals surface area contributed by atoms with Gasteiger partial charge in [0.05, 0.1) is 16.6 Å². The lowest BCUT2D eigenvalue weighted by molar-refractivity contribution is -0.126. The highest BCUT2D eigenvalue weighted by atomic mass is 35.5. The summed E-state index contributed by atoms with van der Waals surface area (Å²) in [5, 5.41) is 7.76. The van der Waals surface area contributed by atoms with Gasteiger partial charge in [0.1, 0.15) is 0 Å². The average Bonchev–Trinajstić information content (AvgIpc) is 3.17. The van der Waals surface area contributed by atoms with Gasteiger partial charge in [-0.3, -0.25) is 9.48 Å². The Labute approximate surface area is 170 Å². The second kappa shape index (κ2) is 8.63. The molecule has 0 spiro atoms. The van der Waals surface area contributed by atoms with E-state index in [1.807, 2.05) is 24.6 Å². The molecule has 9 heteroatoms. The predicted octanol–water partition coefficient (Wildman–Crippen LogP) is 2.83. The van der Waals surface area contributed by atoms with E-state index in [1.165, 1.54) is 16.4 Å². The number of halogens is 1. The molecule has 1 N–H and O–H groups in total. The van der Waals surface area contributed by atoms with Crippen molar-refractivity contribution in [3.63, 3.8) is 0 Å². The monoisotopic (exact) mass is 424 g/mol. The summed E-state index contributed by atoms with van der Waals surface area (Å²) in [6, 6.07) is 7.90. The molecule has 2 aromatic rings. The standard InChI is InChI=1S/C19H25ClN4O3S/c1-3-24-18(8-11-21-24)14(2)22-19(25)15-9-12-23(13-10-15)28(26,27)17-6-4-16(20)5-7-17/h4-8,11,14-15H,3,9-10,12-13H2,1-2H3,(H,22,25). The number of nitrogens with zero attached hydrogens (tertiary/aromatic N) is 3. The molecule has 0 aliphatic carbocycles.